The van der Waals surface area contributed by atoms with Crippen molar-refractivity contribution in [2.75, 3.05) is 6.54 Å². The standard InChI is InChI=1S/C21H27N3O3S/c1-5-6-16(21(27)24-9-7-17-15(11-24)8-10-28-17)23-20(26)19-12(2)18(14(4)25)13(3)22-19/h8,10,16,22H,5-7,9,11H2,1-4H3,(H,23,26). The number of nitrogens with one attached hydrogen (secondary N) is 2. The Morgan fingerprint density at radius 3 is 2.71 bits per heavy atom. The average Bonchev–Trinajstić information content (AvgIpc) is 3.23. The lowest BCUT2D eigenvalue weighted by atomic mass is 10.0. The van der Waals surface area contributed by atoms with Gasteiger partial charge in [0.1, 0.15) is 11.7 Å². The Morgan fingerprint density at radius 1 is 1.32 bits per heavy atom. The first-order valence-electron chi connectivity index (χ1n) is 9.68. The Morgan fingerprint density at radius 2 is 2.07 bits per heavy atom. The highest BCUT2D eigenvalue weighted by molar-refractivity contribution is 7.10. The van der Waals surface area contributed by atoms with Crippen LogP contribution in [-0.2, 0) is 17.8 Å². The lowest BCUT2D eigenvalue weighted by Gasteiger charge is -2.30. The molecule has 3 heterocycles. The number of hydrogen-bond donors (Lipinski definition) is 2. The molecule has 2 amide bonds. The van der Waals surface area contributed by atoms with Crippen LogP contribution in [0.3, 0.4) is 0 Å². The number of H-pyrrole nitrogens is 1. The fraction of sp³-hybridized carbons (Fsp3) is 0.476. The summed E-state index contributed by atoms with van der Waals surface area (Å²) in [4.78, 5) is 44.0. The Hall–Kier alpha value is -2.41. The zero-order valence-electron chi connectivity index (χ0n) is 16.8. The molecule has 0 saturated carbocycles. The molecule has 0 aliphatic carbocycles. The molecule has 3 rings (SSSR count). The minimum Gasteiger partial charge on any atom is -0.354 e. The fourth-order valence-electron chi connectivity index (χ4n) is 3.94. The molecule has 1 unspecified atom stereocenters. The van der Waals surface area contributed by atoms with E-state index in [9.17, 15) is 14.4 Å². The van der Waals surface area contributed by atoms with Crippen molar-refractivity contribution in [3.05, 3.63) is 44.4 Å². The zero-order chi connectivity index (χ0) is 20.4. The van der Waals surface area contributed by atoms with Crippen LogP contribution in [0, 0.1) is 13.8 Å². The highest BCUT2D eigenvalue weighted by atomic mass is 32.1. The summed E-state index contributed by atoms with van der Waals surface area (Å²) >= 11 is 1.73. The maximum absolute atomic E-state index is 13.1. The number of amides is 2. The molecule has 2 N–H and O–H groups in total. The van der Waals surface area contributed by atoms with E-state index in [-0.39, 0.29) is 17.6 Å². The number of nitrogens with zero attached hydrogens (tertiary/aromatic N) is 1. The number of hydrogen-bond acceptors (Lipinski definition) is 4. The van der Waals surface area contributed by atoms with Crippen LogP contribution in [0.1, 0.15) is 69.2 Å². The van der Waals surface area contributed by atoms with Crippen molar-refractivity contribution in [3.8, 4) is 0 Å². The molecule has 28 heavy (non-hydrogen) atoms. The second-order valence-corrected chi connectivity index (χ2v) is 8.38. The largest absolute Gasteiger partial charge is 0.354 e. The van der Waals surface area contributed by atoms with Gasteiger partial charge in [0.15, 0.2) is 5.78 Å². The summed E-state index contributed by atoms with van der Waals surface area (Å²) in [5.74, 6) is -0.459. The van der Waals surface area contributed by atoms with Gasteiger partial charge in [0.05, 0.1) is 0 Å². The zero-order valence-corrected chi connectivity index (χ0v) is 17.7. The monoisotopic (exact) mass is 401 g/mol. The van der Waals surface area contributed by atoms with Crippen LogP contribution in [0.15, 0.2) is 11.4 Å². The summed E-state index contributed by atoms with van der Waals surface area (Å²) in [5, 5.41) is 4.96. The first-order valence-corrected chi connectivity index (χ1v) is 10.6. The number of ketones is 1. The highest BCUT2D eigenvalue weighted by Crippen LogP contribution is 2.25. The molecule has 6 nitrogen and oxygen atoms in total. The molecule has 0 aromatic carbocycles. The van der Waals surface area contributed by atoms with Crippen molar-refractivity contribution in [1.82, 2.24) is 15.2 Å². The predicted octanol–water partition coefficient (Wildman–Crippen LogP) is 3.38. The molecule has 0 radical (unpaired) electrons. The number of carbonyl (C=O) groups excluding carboxylic acids is 3. The van der Waals surface area contributed by atoms with Crippen LogP contribution in [0.2, 0.25) is 0 Å². The predicted molar refractivity (Wildman–Crippen MR) is 110 cm³/mol. The summed E-state index contributed by atoms with van der Waals surface area (Å²) in [5.41, 5.74) is 3.41. The molecule has 0 saturated heterocycles. The molecule has 0 spiro atoms. The van der Waals surface area contributed by atoms with Crippen molar-refractivity contribution >= 4 is 28.9 Å². The van der Waals surface area contributed by atoms with E-state index in [1.807, 2.05) is 11.8 Å². The van der Waals surface area contributed by atoms with E-state index < -0.39 is 6.04 Å². The van der Waals surface area contributed by atoms with Crippen molar-refractivity contribution in [2.24, 2.45) is 0 Å². The summed E-state index contributed by atoms with van der Waals surface area (Å²) in [6.07, 6.45) is 2.23. The molecule has 150 valence electrons. The van der Waals surface area contributed by atoms with Crippen molar-refractivity contribution < 1.29 is 14.4 Å². The molecular formula is C21H27N3O3S. The Kier molecular flexibility index (Phi) is 6.03. The van der Waals surface area contributed by atoms with Gasteiger partial charge in [-0.15, -0.1) is 11.3 Å². The van der Waals surface area contributed by atoms with E-state index in [1.54, 1.807) is 25.2 Å². The Bertz CT molecular complexity index is 912. The van der Waals surface area contributed by atoms with Crippen LogP contribution in [-0.4, -0.2) is 40.1 Å². The summed E-state index contributed by atoms with van der Waals surface area (Å²) in [7, 11) is 0. The number of rotatable bonds is 6. The number of thiophene rings is 1. The van der Waals surface area contributed by atoms with Gasteiger partial charge in [-0.25, -0.2) is 0 Å². The van der Waals surface area contributed by atoms with Gasteiger partial charge in [0.2, 0.25) is 5.91 Å². The average molecular weight is 402 g/mol. The van der Waals surface area contributed by atoms with Gasteiger partial charge in [-0.1, -0.05) is 13.3 Å². The van der Waals surface area contributed by atoms with E-state index in [4.69, 9.17) is 0 Å². The summed E-state index contributed by atoms with van der Waals surface area (Å²) < 4.78 is 0. The number of fused-ring (bicyclic) bond motifs is 1. The minimum absolute atomic E-state index is 0.0419. The van der Waals surface area contributed by atoms with Crippen LogP contribution < -0.4 is 5.32 Å². The Balaban J connectivity index is 1.76. The smallest absolute Gasteiger partial charge is 0.268 e. The van der Waals surface area contributed by atoms with Gasteiger partial charge in [0.25, 0.3) is 5.91 Å². The molecule has 2 aromatic rings. The second-order valence-electron chi connectivity index (χ2n) is 7.37. The minimum atomic E-state index is -0.568. The number of aryl methyl sites for hydroxylation is 1. The quantitative estimate of drug-likeness (QED) is 0.728. The third-order valence-corrected chi connectivity index (χ3v) is 6.34. The van der Waals surface area contributed by atoms with E-state index in [2.05, 4.69) is 21.7 Å². The number of carbonyl (C=O) groups is 3. The van der Waals surface area contributed by atoms with E-state index in [1.165, 1.54) is 17.4 Å². The third-order valence-electron chi connectivity index (χ3n) is 5.32. The van der Waals surface area contributed by atoms with Crippen LogP contribution in [0.25, 0.3) is 0 Å². The van der Waals surface area contributed by atoms with Crippen LogP contribution in [0.5, 0.6) is 0 Å². The number of aromatic nitrogens is 1. The van der Waals surface area contributed by atoms with Gasteiger partial charge in [0, 0.05) is 29.2 Å². The lowest BCUT2D eigenvalue weighted by Crippen LogP contribution is -2.49. The van der Waals surface area contributed by atoms with Crippen LogP contribution in [0.4, 0.5) is 0 Å². The SMILES string of the molecule is CCCC(NC(=O)c1[nH]c(C)c(C(C)=O)c1C)C(=O)N1CCc2sccc2C1. The maximum Gasteiger partial charge on any atom is 0.268 e. The van der Waals surface area contributed by atoms with Gasteiger partial charge >= 0.3 is 0 Å². The molecule has 1 aliphatic heterocycles. The fourth-order valence-corrected chi connectivity index (χ4v) is 4.83. The van der Waals surface area contributed by atoms with E-state index >= 15 is 0 Å². The van der Waals surface area contributed by atoms with Crippen molar-refractivity contribution in [2.45, 2.75) is 59.5 Å². The van der Waals surface area contributed by atoms with Gasteiger partial charge < -0.3 is 15.2 Å². The third kappa shape index (κ3) is 3.90. The maximum atomic E-state index is 13.1. The number of aromatic amines is 1. The van der Waals surface area contributed by atoms with Gasteiger partial charge in [-0.05, 0) is 56.2 Å². The van der Waals surface area contributed by atoms with E-state index in [0.717, 1.165) is 12.8 Å². The summed E-state index contributed by atoms with van der Waals surface area (Å²) in [6.45, 7) is 8.30. The first-order chi connectivity index (χ1) is 13.3. The van der Waals surface area contributed by atoms with Gasteiger partial charge in [-0.2, -0.15) is 0 Å². The molecule has 0 fully saturated rings. The molecule has 0 bridgehead atoms. The number of Topliss-reactive ketones (excluding diaryl/α,β-unsaturated/α-hetero) is 1. The second kappa shape index (κ2) is 8.31. The topological polar surface area (TPSA) is 82.3 Å². The lowest BCUT2D eigenvalue weighted by molar-refractivity contribution is -0.134. The normalized spacial score (nSPS) is 14.5. The van der Waals surface area contributed by atoms with Crippen molar-refractivity contribution in [1.29, 1.82) is 0 Å². The Labute approximate surface area is 169 Å². The summed E-state index contributed by atoms with van der Waals surface area (Å²) in [6, 6.07) is 1.50. The highest BCUT2D eigenvalue weighted by Gasteiger charge is 2.30. The molecule has 1 aliphatic rings. The van der Waals surface area contributed by atoms with E-state index in [0.29, 0.717) is 42.0 Å². The van der Waals surface area contributed by atoms with Gasteiger partial charge in [-0.3, -0.25) is 14.4 Å². The van der Waals surface area contributed by atoms with Crippen molar-refractivity contribution in [3.63, 3.8) is 0 Å². The molecular weight excluding hydrogens is 374 g/mol. The molecule has 7 heteroatoms. The molecule has 1 atom stereocenters. The van der Waals surface area contributed by atoms with Crippen LogP contribution >= 0.6 is 11.3 Å². The first kappa shape index (κ1) is 20.3. The molecule has 2 aromatic heterocycles.